The minimum absolute atomic E-state index is 0.183. The molecular formula is C15H20N2O2. The maximum absolute atomic E-state index is 11.4. The summed E-state index contributed by atoms with van der Waals surface area (Å²) in [6.07, 6.45) is 1.03. The van der Waals surface area contributed by atoms with E-state index in [0.29, 0.717) is 12.6 Å². The number of cyclic esters (lactones) is 1. The van der Waals surface area contributed by atoms with E-state index >= 15 is 0 Å². The van der Waals surface area contributed by atoms with Gasteiger partial charge in [0.15, 0.2) is 0 Å². The zero-order valence-electron chi connectivity index (χ0n) is 11.3. The fraction of sp³-hybridized carbons (Fsp3) is 0.533. The summed E-state index contributed by atoms with van der Waals surface area (Å²) >= 11 is 0. The van der Waals surface area contributed by atoms with Crippen molar-refractivity contribution in [2.24, 2.45) is 0 Å². The number of hydrogen-bond donors (Lipinski definition) is 1. The Morgan fingerprint density at radius 3 is 3.21 bits per heavy atom. The van der Waals surface area contributed by atoms with Gasteiger partial charge in [-0.1, -0.05) is 12.1 Å². The second-order valence-electron chi connectivity index (χ2n) is 5.41. The van der Waals surface area contributed by atoms with Crippen molar-refractivity contribution in [2.75, 3.05) is 26.2 Å². The van der Waals surface area contributed by atoms with Crippen molar-refractivity contribution in [1.29, 1.82) is 0 Å². The molecule has 2 heterocycles. The number of fused-ring (bicyclic) bond motifs is 1. The molecule has 0 spiro atoms. The maximum Gasteiger partial charge on any atom is 0.338 e. The molecule has 2 aliphatic rings. The third kappa shape index (κ3) is 2.65. The molecule has 1 unspecified atom stereocenters. The van der Waals surface area contributed by atoms with Gasteiger partial charge in [0, 0.05) is 37.8 Å². The molecular weight excluding hydrogens is 240 g/mol. The van der Waals surface area contributed by atoms with E-state index < -0.39 is 0 Å². The molecule has 0 aliphatic carbocycles. The van der Waals surface area contributed by atoms with E-state index in [9.17, 15) is 4.79 Å². The van der Waals surface area contributed by atoms with Gasteiger partial charge in [-0.15, -0.1) is 0 Å². The van der Waals surface area contributed by atoms with Crippen LogP contribution in [0.3, 0.4) is 0 Å². The molecule has 1 aromatic rings. The second-order valence-corrected chi connectivity index (χ2v) is 5.41. The lowest BCUT2D eigenvalue weighted by Gasteiger charge is -2.33. The molecule has 102 valence electrons. The van der Waals surface area contributed by atoms with Crippen LogP contribution in [0.2, 0.25) is 0 Å². The van der Waals surface area contributed by atoms with Crippen molar-refractivity contribution in [1.82, 2.24) is 10.2 Å². The van der Waals surface area contributed by atoms with Crippen LogP contribution in [0.25, 0.3) is 0 Å². The fourth-order valence-corrected chi connectivity index (χ4v) is 2.83. The fourth-order valence-electron chi connectivity index (χ4n) is 2.83. The van der Waals surface area contributed by atoms with E-state index in [1.54, 1.807) is 0 Å². The molecule has 4 heteroatoms. The lowest BCUT2D eigenvalue weighted by Crippen LogP contribution is -2.50. The summed E-state index contributed by atoms with van der Waals surface area (Å²) in [6, 6.07) is 6.68. The number of carbonyl (C=O) groups excluding carboxylic acids is 1. The van der Waals surface area contributed by atoms with Gasteiger partial charge in [0.05, 0.1) is 5.56 Å². The Bertz CT molecular complexity index is 487. The molecule has 1 aromatic carbocycles. The predicted molar refractivity (Wildman–Crippen MR) is 73.2 cm³/mol. The zero-order chi connectivity index (χ0) is 13.2. The third-order valence-corrected chi connectivity index (χ3v) is 4.07. The van der Waals surface area contributed by atoms with Crippen LogP contribution in [0.15, 0.2) is 18.2 Å². The Hall–Kier alpha value is -1.39. The molecule has 0 aromatic heterocycles. The largest absolute Gasteiger partial charge is 0.457 e. The van der Waals surface area contributed by atoms with E-state index in [1.165, 1.54) is 5.56 Å². The maximum atomic E-state index is 11.4. The zero-order valence-corrected chi connectivity index (χ0v) is 11.3. The first-order valence-corrected chi connectivity index (χ1v) is 6.98. The predicted octanol–water partition coefficient (Wildman–Crippen LogP) is 1.19. The summed E-state index contributed by atoms with van der Waals surface area (Å²) in [7, 11) is 0. The number of hydrogen-bond acceptors (Lipinski definition) is 4. The molecule has 19 heavy (non-hydrogen) atoms. The Morgan fingerprint density at radius 2 is 2.37 bits per heavy atom. The number of benzene rings is 1. The molecule has 0 amide bonds. The molecule has 4 nitrogen and oxygen atoms in total. The summed E-state index contributed by atoms with van der Waals surface area (Å²) in [5, 5.41) is 3.41. The molecule has 1 saturated heterocycles. The van der Waals surface area contributed by atoms with Gasteiger partial charge in [-0.25, -0.2) is 4.79 Å². The SMILES string of the molecule is CC1CNCCN1CCc1ccc2c(c1)COC2=O. The van der Waals surface area contributed by atoms with E-state index in [1.807, 2.05) is 6.07 Å². The average molecular weight is 260 g/mol. The van der Waals surface area contributed by atoms with Gasteiger partial charge in [0.1, 0.15) is 6.61 Å². The van der Waals surface area contributed by atoms with Crippen molar-refractivity contribution in [3.63, 3.8) is 0 Å². The Labute approximate surface area is 113 Å². The third-order valence-electron chi connectivity index (χ3n) is 4.07. The number of carbonyl (C=O) groups is 1. The van der Waals surface area contributed by atoms with Crippen LogP contribution in [0.1, 0.15) is 28.4 Å². The van der Waals surface area contributed by atoms with E-state index in [2.05, 4.69) is 29.3 Å². The summed E-state index contributed by atoms with van der Waals surface area (Å²) in [6.45, 7) is 7.06. The molecule has 2 aliphatic heterocycles. The lowest BCUT2D eigenvalue weighted by atomic mass is 10.0. The van der Waals surface area contributed by atoms with Gasteiger partial charge in [-0.05, 0) is 25.0 Å². The molecule has 1 N–H and O–H groups in total. The Kier molecular flexibility index (Phi) is 3.53. The van der Waals surface area contributed by atoms with Crippen molar-refractivity contribution in [2.45, 2.75) is 26.0 Å². The number of ether oxygens (including phenoxy) is 1. The highest BCUT2D eigenvalue weighted by molar-refractivity contribution is 5.93. The van der Waals surface area contributed by atoms with Crippen LogP contribution >= 0.6 is 0 Å². The number of esters is 1. The van der Waals surface area contributed by atoms with Crippen LogP contribution in [0, 0.1) is 0 Å². The normalized spacial score (nSPS) is 23.2. The van der Waals surface area contributed by atoms with Crippen molar-refractivity contribution >= 4 is 5.97 Å². The lowest BCUT2D eigenvalue weighted by molar-refractivity contribution is 0.0535. The average Bonchev–Trinajstić information content (AvgIpc) is 2.79. The number of nitrogens with one attached hydrogen (secondary N) is 1. The van der Waals surface area contributed by atoms with Gasteiger partial charge < -0.3 is 10.1 Å². The second kappa shape index (κ2) is 5.31. The topological polar surface area (TPSA) is 41.6 Å². The standard InChI is InChI=1S/C15H20N2O2/c1-11-9-16-5-7-17(11)6-4-12-2-3-14-13(8-12)10-19-15(14)18/h2-3,8,11,16H,4-7,9-10H2,1H3. The van der Waals surface area contributed by atoms with Gasteiger partial charge in [-0.2, -0.15) is 0 Å². The first-order valence-electron chi connectivity index (χ1n) is 6.98. The first kappa shape index (κ1) is 12.6. The van der Waals surface area contributed by atoms with Gasteiger partial charge in [0.2, 0.25) is 0 Å². The number of nitrogens with zero attached hydrogens (tertiary/aromatic N) is 1. The molecule has 1 atom stereocenters. The Morgan fingerprint density at radius 1 is 1.47 bits per heavy atom. The smallest absolute Gasteiger partial charge is 0.338 e. The van der Waals surface area contributed by atoms with E-state index in [0.717, 1.165) is 43.7 Å². The van der Waals surface area contributed by atoms with Crippen molar-refractivity contribution < 1.29 is 9.53 Å². The number of rotatable bonds is 3. The van der Waals surface area contributed by atoms with Crippen LogP contribution < -0.4 is 5.32 Å². The van der Waals surface area contributed by atoms with Crippen LogP contribution in [0.4, 0.5) is 0 Å². The minimum atomic E-state index is -0.183. The summed E-state index contributed by atoms with van der Waals surface area (Å²) in [4.78, 5) is 13.9. The van der Waals surface area contributed by atoms with E-state index in [-0.39, 0.29) is 5.97 Å². The van der Waals surface area contributed by atoms with Crippen LogP contribution in [-0.4, -0.2) is 43.1 Å². The monoisotopic (exact) mass is 260 g/mol. The highest BCUT2D eigenvalue weighted by Gasteiger charge is 2.21. The van der Waals surface area contributed by atoms with E-state index in [4.69, 9.17) is 4.74 Å². The molecule has 3 rings (SSSR count). The number of piperazine rings is 1. The van der Waals surface area contributed by atoms with Gasteiger partial charge in [0.25, 0.3) is 0 Å². The molecule has 1 fully saturated rings. The molecule has 0 bridgehead atoms. The molecule has 0 radical (unpaired) electrons. The minimum Gasteiger partial charge on any atom is -0.457 e. The molecule has 0 saturated carbocycles. The van der Waals surface area contributed by atoms with Crippen LogP contribution in [0.5, 0.6) is 0 Å². The van der Waals surface area contributed by atoms with Crippen LogP contribution in [-0.2, 0) is 17.8 Å². The summed E-state index contributed by atoms with van der Waals surface area (Å²) in [5.41, 5.74) is 3.07. The summed E-state index contributed by atoms with van der Waals surface area (Å²) < 4.78 is 5.03. The van der Waals surface area contributed by atoms with Crippen molar-refractivity contribution in [3.8, 4) is 0 Å². The quantitative estimate of drug-likeness (QED) is 0.829. The van der Waals surface area contributed by atoms with Gasteiger partial charge in [-0.3, -0.25) is 4.90 Å². The van der Waals surface area contributed by atoms with Gasteiger partial charge >= 0.3 is 5.97 Å². The Balaban J connectivity index is 1.63. The highest BCUT2D eigenvalue weighted by atomic mass is 16.5. The highest BCUT2D eigenvalue weighted by Crippen LogP contribution is 2.21. The first-order chi connectivity index (χ1) is 9.24. The summed E-state index contributed by atoms with van der Waals surface area (Å²) in [5.74, 6) is -0.183. The van der Waals surface area contributed by atoms with Crippen molar-refractivity contribution in [3.05, 3.63) is 34.9 Å².